The van der Waals surface area contributed by atoms with E-state index in [0.717, 1.165) is 55.7 Å². The summed E-state index contributed by atoms with van der Waals surface area (Å²) in [5.74, 6) is 20.8. The standard InChI is InChI=1S/C66H84O2Si4/c1-47(45-57(67)59(41-43-69(11,12)13)71(17,18)65(5,6)7)27-29-51-31-35-55(36-32-51)63-61-49(3)23-21-25-53(61)39-40-54-26-22-24-50(4)62(54)64(63)56-37-33-52(34-38-56)30-28-48(2)46-58(68)60(42-44-70(14,15)16)72(19,20)66(8,9)10/h21-26,31-40,45-46,57-60,67-68H,1-20H3/b40-39-,47-45-,48-46-,53-39?,54-40?,63-61?,64-62?,64-63-/t57-,58-,59+,60+/m0/s1. The second kappa shape index (κ2) is 22.5. The van der Waals surface area contributed by atoms with E-state index in [-0.39, 0.29) is 21.2 Å². The summed E-state index contributed by atoms with van der Waals surface area (Å²) in [6, 6.07) is 30.5. The summed E-state index contributed by atoms with van der Waals surface area (Å²) in [5.41, 5.74) is 22.1. The molecule has 0 saturated carbocycles. The molecule has 72 heavy (non-hydrogen) atoms. The predicted octanol–water partition coefficient (Wildman–Crippen LogP) is 16.6. The first kappa shape index (κ1) is 57.8. The number of hydrogen-bond acceptors (Lipinski definition) is 2. The van der Waals surface area contributed by atoms with E-state index < -0.39 is 44.5 Å². The molecular weight excluding hydrogens is 937 g/mol. The van der Waals surface area contributed by atoms with Crippen molar-refractivity contribution >= 4 is 55.6 Å². The maximum absolute atomic E-state index is 11.8. The maximum Gasteiger partial charge on any atom is 0.129 e. The highest BCUT2D eigenvalue weighted by atomic mass is 28.3. The van der Waals surface area contributed by atoms with Gasteiger partial charge in [-0.2, -0.15) is 0 Å². The molecular formula is C66H84O2Si4. The van der Waals surface area contributed by atoms with Crippen molar-refractivity contribution in [2.75, 3.05) is 0 Å². The van der Waals surface area contributed by atoms with Gasteiger partial charge in [0.1, 0.15) is 16.1 Å². The summed E-state index contributed by atoms with van der Waals surface area (Å²) in [6.07, 6.45) is 7.00. The zero-order valence-electron chi connectivity index (χ0n) is 47.6. The molecule has 0 fully saturated rings. The van der Waals surface area contributed by atoms with Gasteiger partial charge in [0.2, 0.25) is 0 Å². The van der Waals surface area contributed by atoms with Crippen molar-refractivity contribution in [1.29, 1.82) is 0 Å². The molecule has 376 valence electrons. The first-order valence-electron chi connectivity index (χ1n) is 25.9. The summed E-state index contributed by atoms with van der Waals surface area (Å²) < 4.78 is 0. The Morgan fingerprint density at radius 3 is 1.10 bits per heavy atom. The van der Waals surface area contributed by atoms with Crippen molar-refractivity contribution in [2.24, 2.45) is 0 Å². The molecule has 6 heteroatoms. The van der Waals surface area contributed by atoms with Crippen molar-refractivity contribution in [1.82, 2.24) is 0 Å². The van der Waals surface area contributed by atoms with Crippen LogP contribution in [0.3, 0.4) is 0 Å². The van der Waals surface area contributed by atoms with Gasteiger partial charge in [-0.3, -0.25) is 0 Å². The van der Waals surface area contributed by atoms with Gasteiger partial charge in [-0.15, -0.1) is 22.9 Å². The van der Waals surface area contributed by atoms with Gasteiger partial charge < -0.3 is 10.2 Å². The van der Waals surface area contributed by atoms with Crippen molar-refractivity contribution in [3.8, 4) is 46.6 Å². The molecule has 2 nitrogen and oxygen atoms in total. The van der Waals surface area contributed by atoms with Crippen LogP contribution >= 0.6 is 0 Å². The fourth-order valence-corrected chi connectivity index (χ4v) is 14.9. The van der Waals surface area contributed by atoms with Crippen LogP contribution in [0.4, 0.5) is 0 Å². The number of aliphatic hydroxyl groups excluding tert-OH is 2. The van der Waals surface area contributed by atoms with Crippen LogP contribution < -0.4 is 0 Å². The summed E-state index contributed by atoms with van der Waals surface area (Å²) in [4.78, 5) is 0. The van der Waals surface area contributed by atoms with Gasteiger partial charge in [0, 0.05) is 22.2 Å². The van der Waals surface area contributed by atoms with Gasteiger partial charge in [-0.05, 0) is 141 Å². The van der Waals surface area contributed by atoms with Crippen LogP contribution in [0, 0.1) is 60.5 Å². The molecule has 0 aliphatic heterocycles. The minimum absolute atomic E-state index is 0.0730. The van der Waals surface area contributed by atoms with Crippen LogP contribution in [-0.2, 0) is 0 Å². The maximum atomic E-state index is 11.8. The molecule has 2 N–H and O–H groups in total. The number of hydrogen-bond donors (Lipinski definition) is 2. The van der Waals surface area contributed by atoms with Crippen molar-refractivity contribution in [3.63, 3.8) is 0 Å². The average molecular weight is 1020 g/mol. The second-order valence-electron chi connectivity index (χ2n) is 25.4. The number of allylic oxidation sites excluding steroid dienone is 2. The fraction of sp³-hybridized carbons (Fsp3) is 0.394. The molecule has 0 aromatic heterocycles. The highest BCUT2D eigenvalue weighted by Crippen LogP contribution is 2.47. The Balaban J connectivity index is 1.60. The first-order valence-corrected chi connectivity index (χ1v) is 39.0. The Bertz CT molecular complexity index is 2820. The van der Waals surface area contributed by atoms with Crippen LogP contribution in [0.15, 0.2) is 108 Å². The largest absolute Gasteiger partial charge is 0.388 e. The number of fused-ring (bicyclic) bond motifs is 2. The Morgan fingerprint density at radius 2 is 0.806 bits per heavy atom. The number of aryl methyl sites for hydroxylation is 2. The summed E-state index contributed by atoms with van der Waals surface area (Å²) in [7, 11) is -7.33. The van der Waals surface area contributed by atoms with Crippen molar-refractivity contribution in [3.05, 3.63) is 164 Å². The van der Waals surface area contributed by atoms with Gasteiger partial charge in [-0.25, -0.2) is 0 Å². The van der Waals surface area contributed by atoms with Crippen LogP contribution in [0.2, 0.25) is 86.6 Å². The number of benzene rings is 4. The normalized spacial score (nSPS) is 16.8. The van der Waals surface area contributed by atoms with E-state index in [4.69, 9.17) is 0 Å². The van der Waals surface area contributed by atoms with Gasteiger partial charge in [0.15, 0.2) is 0 Å². The lowest BCUT2D eigenvalue weighted by Crippen LogP contribution is -2.46. The zero-order valence-corrected chi connectivity index (χ0v) is 51.6. The molecule has 0 saturated heterocycles. The molecule has 0 amide bonds. The lowest BCUT2D eigenvalue weighted by Gasteiger charge is -2.42. The fourth-order valence-electron chi connectivity index (χ4n) is 8.83. The monoisotopic (exact) mass is 1020 g/mol. The quantitative estimate of drug-likeness (QED) is 0.120. The zero-order chi connectivity index (χ0) is 53.8. The van der Waals surface area contributed by atoms with Crippen molar-refractivity contribution in [2.45, 2.75) is 168 Å². The van der Waals surface area contributed by atoms with Crippen LogP contribution in [0.5, 0.6) is 0 Å². The highest BCUT2D eigenvalue weighted by molar-refractivity contribution is 6.86. The molecule has 4 aromatic rings. The van der Waals surface area contributed by atoms with Gasteiger partial charge in [0.05, 0.1) is 28.4 Å². The second-order valence-corrected chi connectivity index (χ2v) is 46.1. The molecule has 0 radical (unpaired) electrons. The Kier molecular flexibility index (Phi) is 18.1. The third kappa shape index (κ3) is 14.3. The van der Waals surface area contributed by atoms with Gasteiger partial charge >= 0.3 is 0 Å². The van der Waals surface area contributed by atoms with E-state index in [1.165, 1.54) is 22.3 Å². The van der Waals surface area contributed by atoms with E-state index in [1.54, 1.807) is 0 Å². The Labute approximate surface area is 441 Å². The molecule has 0 heterocycles. The molecule has 4 atom stereocenters. The smallest absolute Gasteiger partial charge is 0.129 e. The first-order chi connectivity index (χ1) is 33.2. The number of rotatable bonds is 8. The van der Waals surface area contributed by atoms with Gasteiger partial charge in [0.25, 0.3) is 0 Å². The SMILES string of the molecule is C/C(C#Cc1ccc(/C2=C(\c3ccc(C#C/C(C)=C\[C@H](O)[C@@H](C#C[Si](C)(C)C)[Si](C)(C)C(C)(C)C)cc3)c3c(C)cccc3/C=C\c3cccc(C)c32)cc1)=C/[C@H](O)[C@@H](C#C[Si](C)(C)C)[Si](C)(C)C(C)(C)C. The number of aliphatic hydroxyl groups is 2. The Morgan fingerprint density at radius 1 is 0.486 bits per heavy atom. The predicted molar refractivity (Wildman–Crippen MR) is 327 cm³/mol. The minimum atomic E-state index is -2.02. The summed E-state index contributed by atoms with van der Waals surface area (Å²) in [5, 5.41) is 23.7. The molecule has 0 spiro atoms. The van der Waals surface area contributed by atoms with Crippen LogP contribution in [0.25, 0.3) is 23.3 Å². The highest BCUT2D eigenvalue weighted by Gasteiger charge is 2.45. The van der Waals surface area contributed by atoms with Crippen LogP contribution in [-0.4, -0.2) is 54.7 Å². The Hall–Kier alpha value is -5.13. The van der Waals surface area contributed by atoms with Crippen molar-refractivity contribution < 1.29 is 10.2 Å². The minimum Gasteiger partial charge on any atom is -0.388 e. The summed E-state index contributed by atoms with van der Waals surface area (Å²) >= 11 is 0. The average Bonchev–Trinajstić information content (AvgIpc) is 3.25. The third-order valence-corrected chi connectivity index (χ3v) is 28.7. The topological polar surface area (TPSA) is 40.5 Å². The molecule has 5 rings (SSSR count). The molecule has 0 unspecified atom stereocenters. The molecule has 1 aliphatic carbocycles. The summed E-state index contributed by atoms with van der Waals surface area (Å²) in [6.45, 7) is 45.2. The van der Waals surface area contributed by atoms with Gasteiger partial charge in [-0.1, -0.05) is 204 Å². The van der Waals surface area contributed by atoms with Crippen LogP contribution in [0.1, 0.15) is 111 Å². The third-order valence-electron chi connectivity index (χ3n) is 15.1. The molecule has 4 aromatic carbocycles. The van der Waals surface area contributed by atoms with E-state index >= 15 is 0 Å². The lowest BCUT2D eigenvalue weighted by molar-refractivity contribution is 0.224. The van der Waals surface area contributed by atoms with E-state index in [9.17, 15) is 10.2 Å². The molecule has 0 bridgehead atoms. The molecule has 1 aliphatic rings. The van der Waals surface area contributed by atoms with E-state index in [1.807, 2.05) is 26.0 Å². The lowest BCUT2D eigenvalue weighted by atomic mass is 9.78. The van der Waals surface area contributed by atoms with E-state index in [0.29, 0.717) is 0 Å². The van der Waals surface area contributed by atoms with E-state index in [2.05, 4.69) is 265 Å².